The molecule has 0 aliphatic rings. The molecule has 0 heterocycles. The highest BCUT2D eigenvalue weighted by Crippen LogP contribution is 2.28. The van der Waals surface area contributed by atoms with Crippen molar-refractivity contribution in [1.29, 1.82) is 0 Å². The van der Waals surface area contributed by atoms with Gasteiger partial charge in [-0.05, 0) is 35.9 Å². The first-order valence-corrected chi connectivity index (χ1v) is 5.91. The van der Waals surface area contributed by atoms with Crippen molar-refractivity contribution >= 4 is 17.8 Å². The second-order valence-corrected chi connectivity index (χ2v) is 4.48. The molecule has 3 heteroatoms. The van der Waals surface area contributed by atoms with Crippen LogP contribution in [0.25, 0.3) is 6.08 Å². The summed E-state index contributed by atoms with van der Waals surface area (Å²) >= 11 is 1.04. The van der Waals surface area contributed by atoms with Gasteiger partial charge >= 0.3 is 0 Å². The lowest BCUT2D eigenvalue weighted by molar-refractivity contribution is 0.627. The molecule has 0 amide bonds. The van der Waals surface area contributed by atoms with Gasteiger partial charge in [0.15, 0.2) is 5.16 Å². The maximum atomic E-state index is 13.6. The summed E-state index contributed by atoms with van der Waals surface area (Å²) in [5, 5.41) is -0.317. The Labute approximate surface area is 103 Å². The summed E-state index contributed by atoms with van der Waals surface area (Å²) in [6.07, 6.45) is 1.39. The van der Waals surface area contributed by atoms with Gasteiger partial charge in [0.25, 0.3) is 0 Å². The van der Waals surface area contributed by atoms with E-state index < -0.39 is 0 Å². The Hall–Kier alpha value is -1.61. The Kier molecular flexibility index (Phi) is 3.94. The molecule has 0 bridgehead atoms. The topological polar surface area (TPSA) is 0 Å². The van der Waals surface area contributed by atoms with E-state index >= 15 is 0 Å². The van der Waals surface area contributed by atoms with Crippen LogP contribution in [0.2, 0.25) is 0 Å². The van der Waals surface area contributed by atoms with Gasteiger partial charge < -0.3 is 0 Å². The third kappa shape index (κ3) is 3.71. The number of hydrogen-bond donors (Lipinski definition) is 0. The quantitative estimate of drug-likeness (QED) is 0.697. The largest absolute Gasteiger partial charge is 0.207 e. The van der Waals surface area contributed by atoms with Crippen LogP contribution in [-0.2, 0) is 0 Å². The normalized spacial score (nSPS) is 11.5. The van der Waals surface area contributed by atoms with Crippen LogP contribution in [0.15, 0.2) is 64.7 Å². The highest BCUT2D eigenvalue weighted by Gasteiger charge is 1.99. The summed E-state index contributed by atoms with van der Waals surface area (Å²) < 4.78 is 26.3. The standard InChI is InChI=1S/C14H10F2S/c15-12-8-6-11(7-9-12)10-14(16)17-13-4-2-1-3-5-13/h1-10H/b14-10-. The highest BCUT2D eigenvalue weighted by molar-refractivity contribution is 8.03. The number of benzene rings is 2. The van der Waals surface area contributed by atoms with Gasteiger partial charge in [-0.25, -0.2) is 4.39 Å². The minimum Gasteiger partial charge on any atom is -0.207 e. The fraction of sp³-hybridized carbons (Fsp3) is 0. The Morgan fingerprint density at radius 1 is 0.941 bits per heavy atom. The first-order valence-electron chi connectivity index (χ1n) is 5.10. The SMILES string of the molecule is F/C(=C/c1ccc(F)cc1)Sc1ccccc1. The maximum absolute atomic E-state index is 13.6. The van der Waals surface area contributed by atoms with Crippen LogP contribution in [0, 0.1) is 5.82 Å². The molecule has 0 saturated carbocycles. The first kappa shape index (κ1) is 11.9. The molecule has 86 valence electrons. The van der Waals surface area contributed by atoms with E-state index in [1.54, 1.807) is 12.1 Å². The van der Waals surface area contributed by atoms with Gasteiger partial charge in [0.2, 0.25) is 0 Å². The molecule has 0 atom stereocenters. The minimum atomic E-state index is -0.321. The molecule has 0 radical (unpaired) electrons. The zero-order valence-electron chi connectivity index (χ0n) is 8.94. The van der Waals surface area contributed by atoms with Gasteiger partial charge in [0, 0.05) is 4.90 Å². The summed E-state index contributed by atoms with van der Waals surface area (Å²) in [4.78, 5) is 0.836. The fourth-order valence-corrected chi connectivity index (χ4v) is 2.03. The number of halogens is 2. The predicted octanol–water partition coefficient (Wildman–Crippen LogP) is 4.89. The maximum Gasteiger partial charge on any atom is 0.161 e. The molecule has 2 rings (SSSR count). The Bertz CT molecular complexity index is 504. The van der Waals surface area contributed by atoms with E-state index in [0.29, 0.717) is 5.56 Å². The summed E-state index contributed by atoms with van der Waals surface area (Å²) in [5.74, 6) is -0.321. The van der Waals surface area contributed by atoms with E-state index in [2.05, 4.69) is 0 Å². The second kappa shape index (κ2) is 5.64. The molecule has 17 heavy (non-hydrogen) atoms. The van der Waals surface area contributed by atoms with E-state index in [9.17, 15) is 8.78 Å². The molecule has 0 aromatic heterocycles. The third-order valence-corrected chi connectivity index (χ3v) is 2.93. The van der Waals surface area contributed by atoms with Crippen molar-refractivity contribution in [2.75, 3.05) is 0 Å². The fourth-order valence-electron chi connectivity index (χ4n) is 1.32. The molecule has 0 saturated heterocycles. The van der Waals surface area contributed by atoms with Crippen molar-refractivity contribution in [2.45, 2.75) is 4.90 Å². The molecule has 0 fully saturated rings. The average Bonchev–Trinajstić information content (AvgIpc) is 2.33. The lowest BCUT2D eigenvalue weighted by atomic mass is 10.2. The second-order valence-electron chi connectivity index (χ2n) is 3.42. The molecule has 0 spiro atoms. The zero-order valence-corrected chi connectivity index (χ0v) is 9.75. The van der Waals surface area contributed by atoms with Gasteiger partial charge in [-0.2, -0.15) is 4.39 Å². The lowest BCUT2D eigenvalue weighted by Gasteiger charge is -1.98. The number of thioether (sulfide) groups is 1. The van der Waals surface area contributed by atoms with Crippen molar-refractivity contribution in [3.8, 4) is 0 Å². The van der Waals surface area contributed by atoms with Crippen LogP contribution < -0.4 is 0 Å². The molecule has 0 N–H and O–H groups in total. The Balaban J connectivity index is 2.09. The highest BCUT2D eigenvalue weighted by atomic mass is 32.2. The van der Waals surface area contributed by atoms with Gasteiger partial charge in [-0.15, -0.1) is 0 Å². The van der Waals surface area contributed by atoms with Crippen molar-refractivity contribution in [1.82, 2.24) is 0 Å². The molecule has 2 aromatic rings. The van der Waals surface area contributed by atoms with Crippen molar-refractivity contribution in [3.63, 3.8) is 0 Å². The molecule has 2 aromatic carbocycles. The van der Waals surface area contributed by atoms with Crippen molar-refractivity contribution in [3.05, 3.63) is 71.1 Å². The van der Waals surface area contributed by atoms with Gasteiger partial charge in [0.1, 0.15) is 5.82 Å². The Morgan fingerprint density at radius 2 is 1.59 bits per heavy atom. The molecule has 0 aliphatic carbocycles. The molecular weight excluding hydrogens is 238 g/mol. The smallest absolute Gasteiger partial charge is 0.161 e. The lowest BCUT2D eigenvalue weighted by Crippen LogP contribution is -1.76. The van der Waals surface area contributed by atoms with Crippen LogP contribution in [0.3, 0.4) is 0 Å². The minimum absolute atomic E-state index is 0.317. The third-order valence-electron chi connectivity index (χ3n) is 2.11. The van der Waals surface area contributed by atoms with Crippen LogP contribution in [-0.4, -0.2) is 0 Å². The molecule has 0 nitrogen and oxygen atoms in total. The number of rotatable bonds is 3. The predicted molar refractivity (Wildman–Crippen MR) is 67.8 cm³/mol. The van der Waals surface area contributed by atoms with Crippen LogP contribution in [0.5, 0.6) is 0 Å². The van der Waals surface area contributed by atoms with Crippen LogP contribution >= 0.6 is 11.8 Å². The van der Waals surface area contributed by atoms with Crippen molar-refractivity contribution < 1.29 is 8.78 Å². The summed E-state index contributed by atoms with van der Waals surface area (Å²) in [7, 11) is 0. The zero-order chi connectivity index (χ0) is 12.1. The number of hydrogen-bond acceptors (Lipinski definition) is 1. The summed E-state index contributed by atoms with van der Waals surface area (Å²) in [5.41, 5.74) is 0.646. The Morgan fingerprint density at radius 3 is 2.24 bits per heavy atom. The van der Waals surface area contributed by atoms with Gasteiger partial charge in [-0.1, -0.05) is 42.1 Å². The van der Waals surface area contributed by atoms with Crippen LogP contribution in [0.4, 0.5) is 8.78 Å². The van der Waals surface area contributed by atoms with Gasteiger partial charge in [-0.3, -0.25) is 0 Å². The molecule has 0 aliphatic heterocycles. The van der Waals surface area contributed by atoms with E-state index in [1.807, 2.05) is 30.3 Å². The van der Waals surface area contributed by atoms with Gasteiger partial charge in [0.05, 0.1) is 0 Å². The monoisotopic (exact) mass is 248 g/mol. The molecule has 0 unspecified atom stereocenters. The summed E-state index contributed by atoms with van der Waals surface area (Å²) in [6, 6.07) is 15.0. The van der Waals surface area contributed by atoms with E-state index in [4.69, 9.17) is 0 Å². The summed E-state index contributed by atoms with van der Waals surface area (Å²) in [6.45, 7) is 0. The van der Waals surface area contributed by atoms with E-state index in [-0.39, 0.29) is 11.0 Å². The molecular formula is C14H10F2S. The van der Waals surface area contributed by atoms with Crippen molar-refractivity contribution in [2.24, 2.45) is 0 Å². The van der Waals surface area contributed by atoms with E-state index in [1.165, 1.54) is 18.2 Å². The average molecular weight is 248 g/mol. The van der Waals surface area contributed by atoms with E-state index in [0.717, 1.165) is 16.7 Å². The van der Waals surface area contributed by atoms with Crippen LogP contribution in [0.1, 0.15) is 5.56 Å². The first-order chi connectivity index (χ1) is 8.24.